The van der Waals surface area contributed by atoms with Crippen molar-refractivity contribution in [1.29, 1.82) is 0 Å². The van der Waals surface area contributed by atoms with Gasteiger partial charge in [-0.2, -0.15) is 4.98 Å². The van der Waals surface area contributed by atoms with Crippen molar-refractivity contribution in [2.75, 3.05) is 11.1 Å². The van der Waals surface area contributed by atoms with Gasteiger partial charge in [-0.25, -0.2) is 0 Å². The highest BCUT2D eigenvalue weighted by Gasteiger charge is 2.17. The van der Waals surface area contributed by atoms with E-state index in [2.05, 4.69) is 50.8 Å². The first-order chi connectivity index (χ1) is 12.1. The number of nitrogens with zero attached hydrogens (tertiary/aromatic N) is 2. The Morgan fingerprint density at radius 1 is 1.24 bits per heavy atom. The number of aryl methyl sites for hydroxylation is 2. The third-order valence-corrected chi connectivity index (χ3v) is 5.57. The van der Waals surface area contributed by atoms with Crippen molar-refractivity contribution in [3.05, 3.63) is 47.3 Å². The number of H-pyrrole nitrogens is 1. The van der Waals surface area contributed by atoms with Crippen LogP contribution in [0.5, 0.6) is 0 Å². The van der Waals surface area contributed by atoms with Gasteiger partial charge in [0.05, 0.1) is 5.75 Å². The zero-order valence-electron chi connectivity index (χ0n) is 14.3. The van der Waals surface area contributed by atoms with Gasteiger partial charge < -0.3 is 0 Å². The number of carbonyl (C=O) groups excluding carboxylic acids is 1. The van der Waals surface area contributed by atoms with Crippen LogP contribution in [0.15, 0.2) is 35.2 Å². The average Bonchev–Trinajstić information content (AvgIpc) is 3.23. The van der Waals surface area contributed by atoms with E-state index in [-0.39, 0.29) is 11.8 Å². The van der Waals surface area contributed by atoms with Gasteiger partial charge in [-0.05, 0) is 40.8 Å². The van der Waals surface area contributed by atoms with Gasteiger partial charge in [0.1, 0.15) is 5.82 Å². The number of rotatable bonds is 5. The van der Waals surface area contributed by atoms with Crippen molar-refractivity contribution in [1.82, 2.24) is 15.2 Å². The molecule has 2 aromatic carbocycles. The van der Waals surface area contributed by atoms with Crippen LogP contribution in [0.4, 0.5) is 5.95 Å². The summed E-state index contributed by atoms with van der Waals surface area (Å²) in [6, 6.07) is 10.8. The Kier molecular flexibility index (Phi) is 4.21. The monoisotopic (exact) mass is 352 g/mol. The second-order valence-corrected chi connectivity index (χ2v) is 7.62. The summed E-state index contributed by atoms with van der Waals surface area (Å²) >= 11 is 1.56. The van der Waals surface area contributed by atoms with Crippen LogP contribution in [0.2, 0.25) is 0 Å². The second kappa shape index (κ2) is 6.52. The Labute approximate surface area is 150 Å². The molecule has 0 saturated heterocycles. The molecule has 1 heterocycles. The normalized spacial score (nSPS) is 12.9. The van der Waals surface area contributed by atoms with Gasteiger partial charge in [0, 0.05) is 10.8 Å². The van der Waals surface area contributed by atoms with E-state index in [1.54, 1.807) is 11.8 Å². The van der Waals surface area contributed by atoms with Crippen molar-refractivity contribution >= 4 is 34.4 Å². The van der Waals surface area contributed by atoms with Crippen molar-refractivity contribution in [2.45, 2.75) is 37.5 Å². The predicted molar refractivity (Wildman–Crippen MR) is 101 cm³/mol. The van der Waals surface area contributed by atoms with E-state index >= 15 is 0 Å². The number of amides is 1. The summed E-state index contributed by atoms with van der Waals surface area (Å²) < 4.78 is 0. The summed E-state index contributed by atoms with van der Waals surface area (Å²) in [6.07, 6.45) is 2.23. The number of hydrogen-bond acceptors (Lipinski definition) is 4. The summed E-state index contributed by atoms with van der Waals surface area (Å²) in [7, 11) is 0. The van der Waals surface area contributed by atoms with Crippen LogP contribution in [0.3, 0.4) is 0 Å². The number of hydrogen-bond donors (Lipinski definition) is 2. The molecule has 1 aromatic heterocycles. The lowest BCUT2D eigenvalue weighted by atomic mass is 10.1. The molecule has 1 aliphatic rings. The van der Waals surface area contributed by atoms with E-state index in [4.69, 9.17) is 0 Å². The fourth-order valence-electron chi connectivity index (χ4n) is 3.24. The number of benzene rings is 2. The molecule has 128 valence electrons. The van der Waals surface area contributed by atoms with Gasteiger partial charge in [0.2, 0.25) is 11.9 Å². The average molecular weight is 352 g/mol. The number of anilines is 1. The molecule has 0 aliphatic heterocycles. The highest BCUT2D eigenvalue weighted by atomic mass is 32.2. The maximum Gasteiger partial charge on any atom is 0.248 e. The molecule has 5 nitrogen and oxygen atoms in total. The fraction of sp³-hybridized carbons (Fsp3) is 0.316. The zero-order valence-corrected chi connectivity index (χ0v) is 15.1. The smallest absolute Gasteiger partial charge is 0.248 e. The topological polar surface area (TPSA) is 70.7 Å². The quantitative estimate of drug-likeness (QED) is 0.683. The Morgan fingerprint density at radius 3 is 2.80 bits per heavy atom. The van der Waals surface area contributed by atoms with Crippen molar-refractivity contribution in [3.8, 4) is 0 Å². The summed E-state index contributed by atoms with van der Waals surface area (Å²) in [6.45, 7) is 4.05. The standard InChI is InChI=1S/C19H20N4OS/c1-11(2)18-21-19(23-22-18)20-16(24)10-25-15-9-8-13-7-6-12-4-3-5-14(15)17(12)13/h3-5,8-9,11H,6-7,10H2,1-2H3,(H2,20,21,22,23,24). The number of thioether (sulfide) groups is 1. The Morgan fingerprint density at radius 2 is 2.04 bits per heavy atom. The summed E-state index contributed by atoms with van der Waals surface area (Å²) in [5.41, 5.74) is 2.84. The summed E-state index contributed by atoms with van der Waals surface area (Å²) in [4.78, 5) is 17.6. The molecule has 4 rings (SSSR count). The minimum Gasteiger partial charge on any atom is -0.292 e. The van der Waals surface area contributed by atoms with Gasteiger partial charge in [0.15, 0.2) is 0 Å². The lowest BCUT2D eigenvalue weighted by Crippen LogP contribution is -2.15. The lowest BCUT2D eigenvalue weighted by molar-refractivity contribution is -0.113. The molecule has 1 amide bonds. The Bertz CT molecular complexity index is 937. The third-order valence-electron chi connectivity index (χ3n) is 4.50. The molecule has 0 fully saturated rings. The van der Waals surface area contributed by atoms with Gasteiger partial charge >= 0.3 is 0 Å². The van der Waals surface area contributed by atoms with Crippen molar-refractivity contribution in [3.63, 3.8) is 0 Å². The van der Waals surface area contributed by atoms with Crippen LogP contribution in [0.25, 0.3) is 10.8 Å². The first kappa shape index (κ1) is 16.1. The lowest BCUT2D eigenvalue weighted by Gasteiger charge is -2.08. The molecule has 0 radical (unpaired) electrons. The zero-order chi connectivity index (χ0) is 17.4. The number of nitrogens with one attached hydrogen (secondary N) is 2. The first-order valence-electron chi connectivity index (χ1n) is 8.50. The molecule has 0 spiro atoms. The molecular formula is C19H20N4OS. The van der Waals surface area contributed by atoms with Crippen LogP contribution in [0.1, 0.15) is 36.7 Å². The molecule has 2 N–H and O–H groups in total. The van der Waals surface area contributed by atoms with Crippen LogP contribution >= 0.6 is 11.8 Å². The maximum absolute atomic E-state index is 12.2. The number of aromatic amines is 1. The summed E-state index contributed by atoms with van der Waals surface area (Å²) in [5.74, 6) is 1.61. The van der Waals surface area contributed by atoms with Crippen molar-refractivity contribution < 1.29 is 4.79 Å². The van der Waals surface area contributed by atoms with Gasteiger partial charge in [0.25, 0.3) is 0 Å². The van der Waals surface area contributed by atoms with Crippen LogP contribution < -0.4 is 5.32 Å². The second-order valence-electron chi connectivity index (χ2n) is 6.60. The third kappa shape index (κ3) is 3.14. The molecule has 0 atom stereocenters. The molecule has 25 heavy (non-hydrogen) atoms. The molecule has 3 aromatic rings. The molecule has 1 aliphatic carbocycles. The fourth-order valence-corrected chi connectivity index (χ4v) is 4.09. The van der Waals surface area contributed by atoms with Crippen molar-refractivity contribution in [2.24, 2.45) is 0 Å². The molecule has 0 saturated carbocycles. The number of aromatic nitrogens is 3. The summed E-state index contributed by atoms with van der Waals surface area (Å²) in [5, 5.41) is 12.3. The minimum atomic E-state index is -0.0949. The van der Waals surface area contributed by atoms with Crippen LogP contribution in [-0.4, -0.2) is 26.8 Å². The van der Waals surface area contributed by atoms with E-state index in [1.165, 1.54) is 21.9 Å². The van der Waals surface area contributed by atoms with E-state index < -0.39 is 0 Å². The van der Waals surface area contributed by atoms with E-state index in [0.29, 0.717) is 11.7 Å². The number of carbonyl (C=O) groups is 1. The Balaban J connectivity index is 1.46. The van der Waals surface area contributed by atoms with Gasteiger partial charge in [-0.1, -0.05) is 38.1 Å². The highest BCUT2D eigenvalue weighted by molar-refractivity contribution is 8.00. The predicted octanol–water partition coefficient (Wildman–Crippen LogP) is 3.91. The van der Waals surface area contributed by atoms with Crippen LogP contribution in [-0.2, 0) is 17.6 Å². The molecule has 0 unspecified atom stereocenters. The van der Waals surface area contributed by atoms with E-state index in [0.717, 1.165) is 23.6 Å². The molecule has 0 bridgehead atoms. The maximum atomic E-state index is 12.2. The SMILES string of the molecule is CC(C)c1nc(NC(=O)CSc2ccc3c4c(cccc24)CC3)n[nH]1. The first-order valence-corrected chi connectivity index (χ1v) is 9.49. The van der Waals surface area contributed by atoms with E-state index in [1.807, 2.05) is 13.8 Å². The van der Waals surface area contributed by atoms with E-state index in [9.17, 15) is 4.79 Å². The Hall–Kier alpha value is -2.34. The van der Waals surface area contributed by atoms with Crippen LogP contribution in [0, 0.1) is 0 Å². The van der Waals surface area contributed by atoms with Gasteiger partial charge in [-0.3, -0.25) is 15.2 Å². The molecule has 6 heteroatoms. The largest absolute Gasteiger partial charge is 0.292 e. The van der Waals surface area contributed by atoms with Gasteiger partial charge in [-0.15, -0.1) is 16.9 Å². The minimum absolute atomic E-state index is 0.0949. The highest BCUT2D eigenvalue weighted by Crippen LogP contribution is 2.36. The molecular weight excluding hydrogens is 332 g/mol.